The first-order valence-electron chi connectivity index (χ1n) is 20.6. The molecule has 0 spiro atoms. The molecular weight excluding hydrogens is 775 g/mol. The maximum Gasteiger partial charge on any atom is 0.148 e. The molecule has 0 fully saturated rings. The van der Waals surface area contributed by atoms with Crippen molar-refractivity contribution in [2.24, 2.45) is 0 Å². The van der Waals surface area contributed by atoms with Crippen molar-refractivity contribution in [3.05, 3.63) is 189 Å². The van der Waals surface area contributed by atoms with Crippen molar-refractivity contribution in [1.29, 1.82) is 0 Å². The largest absolute Gasteiger partial charge is 0.507 e. The lowest BCUT2D eigenvalue weighted by atomic mass is 9.89. The molecule has 0 saturated heterocycles. The first-order chi connectivity index (χ1) is 28.7. The van der Waals surface area contributed by atoms with E-state index in [1.54, 1.807) is 0 Å². The molecule has 0 heterocycles. The van der Waals surface area contributed by atoms with Crippen LogP contribution >= 0.6 is 14.3 Å². The van der Waals surface area contributed by atoms with Crippen LogP contribution in [0.4, 0.5) is 0 Å². The van der Waals surface area contributed by atoms with E-state index in [2.05, 4.69) is 0 Å². The number of aryl methyl sites for hydroxylation is 8. The molecule has 0 aliphatic heterocycles. The molecule has 0 aliphatic carbocycles. The molecule has 0 unspecified atom stereocenters. The molecule has 0 amide bonds. The van der Waals surface area contributed by atoms with E-state index >= 15 is 9.13 Å². The predicted molar refractivity (Wildman–Crippen MR) is 255 cm³/mol. The van der Waals surface area contributed by atoms with Gasteiger partial charge in [0.15, 0.2) is 0 Å². The summed E-state index contributed by atoms with van der Waals surface area (Å²) in [7, 11) is -6.91. The Kier molecular flexibility index (Phi) is 10.8. The van der Waals surface area contributed by atoms with Crippen molar-refractivity contribution in [2.75, 3.05) is 0 Å². The van der Waals surface area contributed by atoms with E-state index in [1.807, 2.05) is 189 Å². The van der Waals surface area contributed by atoms with Gasteiger partial charge in [0.1, 0.15) is 25.8 Å². The summed E-state index contributed by atoms with van der Waals surface area (Å²) in [6, 6.07) is 43.7. The highest BCUT2D eigenvalue weighted by Crippen LogP contribution is 2.57. The van der Waals surface area contributed by atoms with E-state index in [9.17, 15) is 10.2 Å². The van der Waals surface area contributed by atoms with Gasteiger partial charge >= 0.3 is 0 Å². The molecule has 60 heavy (non-hydrogen) atoms. The summed E-state index contributed by atoms with van der Waals surface area (Å²) in [4.78, 5) is 0. The highest BCUT2D eigenvalue weighted by molar-refractivity contribution is 7.78. The molecule has 0 atom stereocenters. The fraction of sp³-hybridized carbons (Fsp3) is 0.185. The molecule has 0 aromatic heterocycles. The molecule has 0 radical (unpaired) electrons. The molecule has 302 valence electrons. The van der Waals surface area contributed by atoms with Gasteiger partial charge in [0.05, 0.1) is 0 Å². The lowest BCUT2D eigenvalue weighted by Gasteiger charge is -2.28. The van der Waals surface area contributed by atoms with E-state index in [0.717, 1.165) is 87.3 Å². The second-order valence-corrected chi connectivity index (χ2v) is 22.1. The Labute approximate surface area is 354 Å². The van der Waals surface area contributed by atoms with Gasteiger partial charge in [0.25, 0.3) is 0 Å². The Morgan fingerprint density at radius 1 is 0.367 bits per heavy atom. The van der Waals surface area contributed by atoms with Crippen LogP contribution in [0.3, 0.4) is 0 Å². The minimum Gasteiger partial charge on any atom is -0.507 e. The third-order valence-electron chi connectivity index (χ3n) is 12.4. The summed E-state index contributed by atoms with van der Waals surface area (Å²) in [5.74, 6) is -0.0617. The van der Waals surface area contributed by atoms with Gasteiger partial charge in [-0.1, -0.05) is 121 Å². The zero-order chi connectivity index (χ0) is 42.7. The Bertz CT molecular complexity index is 2720. The molecule has 6 heteroatoms. The molecule has 8 aromatic carbocycles. The van der Waals surface area contributed by atoms with Crippen molar-refractivity contribution in [3.8, 4) is 22.6 Å². The van der Waals surface area contributed by atoms with Gasteiger partial charge < -0.3 is 19.3 Å². The number of hydrogen-bond acceptors (Lipinski definition) is 4. The van der Waals surface area contributed by atoms with Crippen molar-refractivity contribution >= 4 is 57.0 Å². The molecule has 2 N–H and O–H groups in total. The number of aromatic hydroxyl groups is 2. The van der Waals surface area contributed by atoms with Gasteiger partial charge in [-0.2, -0.15) is 0 Å². The number of benzene rings is 8. The standard InChI is InChI=1S/C54H52O4P2/c1-33-17-13-18-34(2)51(33)59(57,52-35(3)19-14-20-36(52)4)31-43-29-41-25-9-11-27-45(41)47(49(43)55)48-46-28-12-10-26-42(46)30-44(50(48)56)32-60(58,53-37(5)21-15-22-38(53)6)54-39(7)23-16-24-40(54)8/h9-30,55-56H,31-32H2,1-8H3. The summed E-state index contributed by atoms with van der Waals surface area (Å²) in [5, 5.41) is 32.2. The van der Waals surface area contributed by atoms with Crippen LogP contribution in [0.2, 0.25) is 0 Å². The van der Waals surface area contributed by atoms with Crippen LogP contribution in [-0.4, -0.2) is 10.2 Å². The molecule has 8 rings (SSSR count). The Hall–Kier alpha value is -5.66. The van der Waals surface area contributed by atoms with E-state index in [-0.39, 0.29) is 23.8 Å². The van der Waals surface area contributed by atoms with Gasteiger partial charge in [-0.3, -0.25) is 0 Å². The van der Waals surface area contributed by atoms with Gasteiger partial charge in [0, 0.05) is 55.8 Å². The minimum absolute atomic E-state index is 0.0309. The van der Waals surface area contributed by atoms with Crippen LogP contribution in [0.5, 0.6) is 11.5 Å². The lowest BCUT2D eigenvalue weighted by molar-refractivity contribution is 0.465. The van der Waals surface area contributed by atoms with E-state index in [4.69, 9.17) is 0 Å². The van der Waals surface area contributed by atoms with Crippen LogP contribution in [0.25, 0.3) is 32.7 Å². The monoisotopic (exact) mass is 826 g/mol. The number of hydrogen-bond donors (Lipinski definition) is 2. The second-order valence-electron chi connectivity index (χ2n) is 16.7. The van der Waals surface area contributed by atoms with Crippen molar-refractivity contribution in [1.82, 2.24) is 0 Å². The topological polar surface area (TPSA) is 74.6 Å². The average Bonchev–Trinajstić information content (AvgIpc) is 3.19. The van der Waals surface area contributed by atoms with Gasteiger partial charge in [0.2, 0.25) is 0 Å². The minimum atomic E-state index is -3.46. The smallest absolute Gasteiger partial charge is 0.148 e. The summed E-state index contributed by atoms with van der Waals surface area (Å²) in [5.41, 5.74) is 9.50. The highest BCUT2D eigenvalue weighted by Gasteiger charge is 2.37. The molecule has 4 nitrogen and oxygen atoms in total. The maximum absolute atomic E-state index is 16.3. The first-order valence-corrected chi connectivity index (χ1v) is 24.4. The Morgan fingerprint density at radius 3 is 0.883 bits per heavy atom. The third-order valence-corrected chi connectivity index (χ3v) is 19.7. The normalized spacial score (nSPS) is 12.1. The van der Waals surface area contributed by atoms with Crippen LogP contribution in [0, 0.1) is 55.4 Å². The van der Waals surface area contributed by atoms with E-state index in [0.29, 0.717) is 22.3 Å². The molecule has 8 aromatic rings. The molecule has 0 aliphatic rings. The number of rotatable bonds is 9. The van der Waals surface area contributed by atoms with Crippen molar-refractivity contribution in [2.45, 2.75) is 67.7 Å². The number of phenols is 2. The van der Waals surface area contributed by atoms with Crippen LogP contribution in [0.1, 0.15) is 55.6 Å². The van der Waals surface area contributed by atoms with Gasteiger partial charge in [-0.25, -0.2) is 0 Å². The van der Waals surface area contributed by atoms with Gasteiger partial charge in [-0.05, 0) is 134 Å². The fourth-order valence-electron chi connectivity index (χ4n) is 10.1. The van der Waals surface area contributed by atoms with E-state index < -0.39 is 14.3 Å². The zero-order valence-electron chi connectivity index (χ0n) is 35.7. The number of phenolic OH excluding ortho intramolecular Hbond substituents is 2. The summed E-state index contributed by atoms with van der Waals surface area (Å²) >= 11 is 0. The Balaban J connectivity index is 1.43. The number of fused-ring (bicyclic) bond motifs is 2. The quantitative estimate of drug-likeness (QED) is 0.142. The summed E-state index contributed by atoms with van der Waals surface area (Å²) < 4.78 is 32.6. The predicted octanol–water partition coefficient (Wildman–Crippen LogP) is 12.6. The van der Waals surface area contributed by atoms with Crippen molar-refractivity contribution < 1.29 is 19.3 Å². The second kappa shape index (κ2) is 15.7. The zero-order valence-corrected chi connectivity index (χ0v) is 37.5. The Morgan fingerprint density at radius 2 is 0.617 bits per heavy atom. The SMILES string of the molecule is Cc1cccc(C)c1P(=O)(Cc1cc2ccccc2c(-c2c(O)c(CP(=O)(c3c(C)cccc3C)c3c(C)cccc3C)cc3ccccc23)c1O)c1c(C)cccc1C. The van der Waals surface area contributed by atoms with E-state index in [1.165, 1.54) is 0 Å². The lowest BCUT2D eigenvalue weighted by Crippen LogP contribution is -2.26. The molecule has 0 bridgehead atoms. The first kappa shape index (κ1) is 41.1. The molecule has 0 saturated carbocycles. The average molecular weight is 827 g/mol. The van der Waals surface area contributed by atoms with Crippen LogP contribution < -0.4 is 21.2 Å². The van der Waals surface area contributed by atoms with Gasteiger partial charge in [-0.15, -0.1) is 0 Å². The van der Waals surface area contributed by atoms with Crippen molar-refractivity contribution in [3.63, 3.8) is 0 Å². The van der Waals surface area contributed by atoms with Crippen LogP contribution in [-0.2, 0) is 21.5 Å². The fourth-order valence-corrected chi connectivity index (χ4v) is 17.7. The third kappa shape index (κ3) is 6.81. The van der Waals surface area contributed by atoms with Crippen LogP contribution in [0.15, 0.2) is 133 Å². The summed E-state index contributed by atoms with van der Waals surface area (Å²) in [6.07, 6.45) is 0.140. The maximum atomic E-state index is 16.3. The molecular formula is C54H52O4P2. The summed E-state index contributed by atoms with van der Waals surface area (Å²) in [6.45, 7) is 16.1. The highest BCUT2D eigenvalue weighted by atomic mass is 31.2.